The summed E-state index contributed by atoms with van der Waals surface area (Å²) in [6.45, 7) is -0.475. The van der Waals surface area contributed by atoms with Gasteiger partial charge in [-0.1, -0.05) is 71.7 Å². The Morgan fingerprint density at radius 3 is 1.66 bits per heavy atom. The maximum Gasteiger partial charge on any atom is 0.244 e. The average Bonchev–Trinajstić information content (AvgIpc) is 3.10. The van der Waals surface area contributed by atoms with Crippen LogP contribution < -0.4 is 5.32 Å². The second-order valence-electron chi connectivity index (χ2n) is 8.91. The van der Waals surface area contributed by atoms with Crippen LogP contribution in [-0.2, 0) is 24.1 Å². The van der Waals surface area contributed by atoms with Crippen molar-refractivity contribution >= 4 is 69.8 Å². The molecule has 3 aromatic carbocycles. The van der Waals surface area contributed by atoms with E-state index in [0.29, 0.717) is 33.0 Å². The number of carbonyl (C=O) groups excluding carboxylic acids is 3. The summed E-state index contributed by atoms with van der Waals surface area (Å²) in [5.41, 5.74) is 3.22. The van der Waals surface area contributed by atoms with Gasteiger partial charge in [-0.25, -0.2) is 0 Å². The Hall–Kier alpha value is -2.57. The first-order valence-electron chi connectivity index (χ1n) is 10.9. The van der Waals surface area contributed by atoms with E-state index >= 15 is 0 Å². The number of hydrogen-bond donors (Lipinski definition) is 1. The summed E-state index contributed by atoms with van der Waals surface area (Å²) < 4.78 is 0. The molecule has 4 aliphatic rings. The van der Waals surface area contributed by atoms with E-state index in [2.05, 4.69) is 5.32 Å². The van der Waals surface area contributed by atoms with Crippen molar-refractivity contribution in [3.8, 4) is 0 Å². The highest BCUT2D eigenvalue weighted by Gasteiger charge is 2.73. The largest absolute Gasteiger partial charge is 0.324 e. The van der Waals surface area contributed by atoms with Gasteiger partial charge in [-0.15, -0.1) is 23.2 Å². The van der Waals surface area contributed by atoms with Gasteiger partial charge in [0.05, 0.1) is 21.9 Å². The van der Waals surface area contributed by atoms with Gasteiger partial charge in [0.1, 0.15) is 16.3 Å². The fourth-order valence-electron chi connectivity index (χ4n) is 5.80. The Labute approximate surface area is 220 Å². The molecule has 0 aromatic heterocycles. The molecule has 0 spiro atoms. The smallest absolute Gasteiger partial charge is 0.244 e. The third kappa shape index (κ3) is 2.93. The summed E-state index contributed by atoms with van der Waals surface area (Å²) in [6, 6.07) is 19.4. The Balaban J connectivity index is 1.40. The predicted octanol–water partition coefficient (Wildman–Crippen LogP) is 5.53. The number of amides is 3. The average molecular weight is 546 g/mol. The highest BCUT2D eigenvalue weighted by Crippen LogP contribution is 2.69. The number of nitrogens with one attached hydrogen (secondary N) is 1. The normalized spacial score (nSPS) is 27.9. The number of rotatable bonds is 3. The van der Waals surface area contributed by atoms with Crippen LogP contribution >= 0.6 is 46.4 Å². The van der Waals surface area contributed by atoms with E-state index in [1.165, 1.54) is 6.07 Å². The summed E-state index contributed by atoms with van der Waals surface area (Å²) in [7, 11) is 0. The van der Waals surface area contributed by atoms with E-state index in [0.717, 1.165) is 4.90 Å². The van der Waals surface area contributed by atoms with Gasteiger partial charge < -0.3 is 5.32 Å². The van der Waals surface area contributed by atoms with Crippen molar-refractivity contribution in [2.24, 2.45) is 11.8 Å². The molecule has 1 saturated heterocycles. The first-order valence-corrected chi connectivity index (χ1v) is 12.4. The third-order valence-electron chi connectivity index (χ3n) is 7.18. The van der Waals surface area contributed by atoms with Crippen LogP contribution in [0.15, 0.2) is 66.7 Å². The van der Waals surface area contributed by atoms with Gasteiger partial charge in [0.2, 0.25) is 17.7 Å². The van der Waals surface area contributed by atoms with Crippen molar-refractivity contribution in [1.29, 1.82) is 0 Å². The Kier molecular flexibility index (Phi) is 5.04. The minimum atomic E-state index is -1.28. The number of likely N-dealkylation sites (tertiary alicyclic amines) is 1. The fraction of sp³-hybridized carbons (Fsp3) is 0.192. The maximum absolute atomic E-state index is 13.7. The number of nitrogens with zero attached hydrogens (tertiary/aromatic N) is 1. The SMILES string of the molecule is O=C(CN1C(=O)[C@@H]2[C@@H](C1=O)C1(Cl)c3ccccc3C2(Cl)c2ccccc21)Nc1ccc(Cl)c(Cl)c1. The molecule has 2 bridgehead atoms. The summed E-state index contributed by atoms with van der Waals surface area (Å²) in [5, 5.41) is 3.27. The molecule has 1 N–H and O–H groups in total. The van der Waals surface area contributed by atoms with Crippen LogP contribution in [0.25, 0.3) is 0 Å². The second kappa shape index (κ2) is 7.71. The van der Waals surface area contributed by atoms with E-state index in [9.17, 15) is 14.4 Å². The molecule has 1 heterocycles. The molecule has 3 aliphatic carbocycles. The van der Waals surface area contributed by atoms with Crippen LogP contribution in [0.5, 0.6) is 0 Å². The topological polar surface area (TPSA) is 66.5 Å². The molecule has 9 heteroatoms. The zero-order valence-corrected chi connectivity index (χ0v) is 20.9. The number of benzene rings is 3. The number of halogens is 4. The highest BCUT2D eigenvalue weighted by molar-refractivity contribution is 6.42. The minimum absolute atomic E-state index is 0.268. The van der Waals surface area contributed by atoms with Gasteiger partial charge in [0.25, 0.3) is 0 Å². The van der Waals surface area contributed by atoms with E-state index < -0.39 is 45.9 Å². The number of hydrogen-bond acceptors (Lipinski definition) is 3. The van der Waals surface area contributed by atoms with Crippen molar-refractivity contribution in [1.82, 2.24) is 4.90 Å². The molecular formula is C26H16Cl4N2O3. The molecule has 3 amide bonds. The molecule has 5 nitrogen and oxygen atoms in total. The van der Waals surface area contributed by atoms with Crippen LogP contribution in [0.4, 0.5) is 5.69 Å². The summed E-state index contributed by atoms with van der Waals surface area (Å²) in [4.78, 5) is 38.7. The number of anilines is 1. The maximum atomic E-state index is 13.7. The van der Waals surface area contributed by atoms with Crippen LogP contribution in [0.2, 0.25) is 10.0 Å². The van der Waals surface area contributed by atoms with Gasteiger partial charge in [0.15, 0.2) is 0 Å². The Morgan fingerprint density at radius 2 is 1.23 bits per heavy atom. The van der Waals surface area contributed by atoms with Gasteiger partial charge >= 0.3 is 0 Å². The van der Waals surface area contributed by atoms with E-state index in [4.69, 9.17) is 46.4 Å². The van der Waals surface area contributed by atoms with E-state index in [-0.39, 0.29) is 5.02 Å². The summed E-state index contributed by atoms with van der Waals surface area (Å²) in [5.74, 6) is -3.49. The lowest BCUT2D eigenvalue weighted by Gasteiger charge is -2.54. The molecule has 2 atom stereocenters. The number of carbonyl (C=O) groups is 3. The molecular weight excluding hydrogens is 530 g/mol. The molecule has 3 aromatic rings. The zero-order chi connectivity index (χ0) is 24.7. The van der Waals surface area contributed by atoms with Crippen molar-refractivity contribution < 1.29 is 14.4 Å². The lowest BCUT2D eigenvalue weighted by molar-refractivity contribution is -0.142. The Bertz CT molecular complexity index is 1330. The van der Waals surface area contributed by atoms with Crippen LogP contribution in [0.1, 0.15) is 22.3 Å². The molecule has 1 aliphatic heterocycles. The van der Waals surface area contributed by atoms with Crippen molar-refractivity contribution in [2.45, 2.75) is 9.75 Å². The lowest BCUT2D eigenvalue weighted by Crippen LogP contribution is -2.57. The lowest BCUT2D eigenvalue weighted by atomic mass is 9.54. The monoisotopic (exact) mass is 544 g/mol. The van der Waals surface area contributed by atoms with E-state index in [1.54, 1.807) is 12.1 Å². The van der Waals surface area contributed by atoms with Gasteiger partial charge in [-0.2, -0.15) is 0 Å². The zero-order valence-electron chi connectivity index (χ0n) is 17.9. The number of alkyl halides is 2. The van der Waals surface area contributed by atoms with Crippen LogP contribution in [-0.4, -0.2) is 29.2 Å². The predicted molar refractivity (Wildman–Crippen MR) is 135 cm³/mol. The third-order valence-corrected chi connectivity index (χ3v) is 9.21. The van der Waals surface area contributed by atoms with Gasteiger partial charge in [-0.3, -0.25) is 19.3 Å². The minimum Gasteiger partial charge on any atom is -0.324 e. The van der Waals surface area contributed by atoms with Crippen molar-refractivity contribution in [3.63, 3.8) is 0 Å². The second-order valence-corrected chi connectivity index (χ2v) is 10.9. The molecule has 176 valence electrons. The first kappa shape index (κ1) is 22.9. The molecule has 0 unspecified atom stereocenters. The standard InChI is InChI=1S/C26H16Cl4N2O3/c27-18-10-9-13(11-19(18)28)31-20(33)12-32-23(34)21-22(24(32)35)26(30)15-6-2-1-5-14(15)25(21,29)16-7-3-4-8-17(16)26/h1-11,21-22H,12H2,(H,31,33)/t21-,22-,25?,26?/m0/s1. The summed E-state index contributed by atoms with van der Waals surface area (Å²) >= 11 is 26.7. The van der Waals surface area contributed by atoms with Gasteiger partial charge in [0, 0.05) is 5.69 Å². The highest BCUT2D eigenvalue weighted by atomic mass is 35.5. The fourth-order valence-corrected chi connectivity index (χ4v) is 7.19. The quantitative estimate of drug-likeness (QED) is 0.348. The first-order chi connectivity index (χ1) is 16.7. The van der Waals surface area contributed by atoms with Crippen molar-refractivity contribution in [3.05, 3.63) is 99.0 Å². The summed E-state index contributed by atoms with van der Waals surface area (Å²) in [6.07, 6.45) is 0. The molecule has 0 saturated carbocycles. The molecule has 35 heavy (non-hydrogen) atoms. The Morgan fingerprint density at radius 1 is 0.771 bits per heavy atom. The van der Waals surface area contributed by atoms with Crippen LogP contribution in [0.3, 0.4) is 0 Å². The molecule has 1 fully saturated rings. The molecule has 0 radical (unpaired) electrons. The van der Waals surface area contributed by atoms with Gasteiger partial charge in [-0.05, 0) is 40.5 Å². The number of imide groups is 1. The van der Waals surface area contributed by atoms with Crippen molar-refractivity contribution in [2.75, 3.05) is 11.9 Å². The van der Waals surface area contributed by atoms with E-state index in [1.807, 2.05) is 48.5 Å². The van der Waals surface area contributed by atoms with Crippen LogP contribution in [0, 0.1) is 11.8 Å². The molecule has 7 rings (SSSR count).